The van der Waals surface area contributed by atoms with Gasteiger partial charge >= 0.3 is 0 Å². The smallest absolute Gasteiger partial charge is 0.121 e. The van der Waals surface area contributed by atoms with E-state index in [4.69, 9.17) is 4.74 Å². The maximum absolute atomic E-state index is 5.99. The molecule has 0 fully saturated rings. The van der Waals surface area contributed by atoms with Crippen LogP contribution in [-0.2, 0) is 0 Å². The minimum absolute atomic E-state index is 0.189. The molecule has 0 heterocycles. The minimum Gasteiger partial charge on any atom is -0.492 e. The first kappa shape index (κ1) is 16.8. The van der Waals surface area contributed by atoms with Crippen molar-refractivity contribution in [2.75, 3.05) is 32.1 Å². The van der Waals surface area contributed by atoms with Gasteiger partial charge in [-0.15, -0.1) is 0 Å². The summed E-state index contributed by atoms with van der Waals surface area (Å²) in [6, 6.07) is 8.58. The summed E-state index contributed by atoms with van der Waals surface area (Å²) in [5.41, 5.74) is 1.35. The Balaban J connectivity index is 2.65. The van der Waals surface area contributed by atoms with E-state index in [2.05, 4.69) is 50.0 Å². The molecule has 0 aliphatic carbocycles. The van der Waals surface area contributed by atoms with Gasteiger partial charge in [-0.2, -0.15) is 0 Å². The Labute approximate surface area is 124 Å². The molecular formula is C17H30N2O. The van der Waals surface area contributed by atoms with Gasteiger partial charge in [0.05, 0.1) is 0 Å². The molecule has 1 atom stereocenters. The fourth-order valence-corrected chi connectivity index (χ4v) is 1.96. The van der Waals surface area contributed by atoms with Crippen LogP contribution >= 0.6 is 0 Å². The highest BCUT2D eigenvalue weighted by molar-refractivity contribution is 5.49. The van der Waals surface area contributed by atoms with E-state index in [9.17, 15) is 0 Å². The lowest BCUT2D eigenvalue weighted by atomic mass is 9.87. The molecular weight excluding hydrogens is 248 g/mol. The van der Waals surface area contributed by atoms with Crippen LogP contribution < -0.4 is 15.0 Å². The quantitative estimate of drug-likeness (QED) is 0.825. The molecule has 0 aliphatic rings. The van der Waals surface area contributed by atoms with E-state index in [1.807, 2.05) is 26.2 Å². The third kappa shape index (κ3) is 5.41. The predicted octanol–water partition coefficient (Wildman–Crippen LogP) is 3.55. The van der Waals surface area contributed by atoms with Crippen molar-refractivity contribution in [3.63, 3.8) is 0 Å². The van der Waals surface area contributed by atoms with Crippen molar-refractivity contribution >= 4 is 5.69 Å². The van der Waals surface area contributed by atoms with E-state index < -0.39 is 0 Å². The zero-order valence-electron chi connectivity index (χ0n) is 13.9. The monoisotopic (exact) mass is 278 g/mol. The van der Waals surface area contributed by atoms with E-state index in [0.29, 0.717) is 12.6 Å². The van der Waals surface area contributed by atoms with Crippen LogP contribution in [0, 0.1) is 5.41 Å². The summed E-state index contributed by atoms with van der Waals surface area (Å²) in [4.78, 5) is 2.09. The van der Waals surface area contributed by atoms with Gasteiger partial charge in [-0.1, -0.05) is 33.8 Å². The summed E-state index contributed by atoms with van der Waals surface area (Å²) in [6.07, 6.45) is 1.14. The average Bonchev–Trinajstić information content (AvgIpc) is 2.37. The number of nitrogens with zero attached hydrogens (tertiary/aromatic N) is 1. The zero-order chi connectivity index (χ0) is 15.2. The lowest BCUT2D eigenvalue weighted by Crippen LogP contribution is -2.45. The Morgan fingerprint density at radius 2 is 1.95 bits per heavy atom. The van der Waals surface area contributed by atoms with Crippen LogP contribution in [-0.4, -0.2) is 33.3 Å². The molecule has 0 bridgehead atoms. The zero-order valence-corrected chi connectivity index (χ0v) is 13.9. The van der Waals surface area contributed by atoms with Crippen LogP contribution in [0.25, 0.3) is 0 Å². The largest absolute Gasteiger partial charge is 0.492 e. The van der Waals surface area contributed by atoms with Gasteiger partial charge in [0.1, 0.15) is 12.4 Å². The number of nitrogens with one attached hydrogen (secondary N) is 1. The van der Waals surface area contributed by atoms with Crippen molar-refractivity contribution in [2.45, 2.75) is 40.2 Å². The normalized spacial score (nSPS) is 13.1. The topological polar surface area (TPSA) is 24.5 Å². The summed E-state index contributed by atoms with van der Waals surface area (Å²) in [7, 11) is 4.08. The molecule has 0 aromatic heterocycles. The van der Waals surface area contributed by atoms with Gasteiger partial charge in [0, 0.05) is 31.9 Å². The van der Waals surface area contributed by atoms with Crippen LogP contribution in [0.1, 0.15) is 34.1 Å². The molecule has 20 heavy (non-hydrogen) atoms. The highest BCUT2D eigenvalue weighted by atomic mass is 16.5. The molecule has 1 N–H and O–H groups in total. The molecule has 1 aromatic carbocycles. The van der Waals surface area contributed by atoms with E-state index in [0.717, 1.165) is 24.4 Å². The highest BCUT2D eigenvalue weighted by Gasteiger charge is 2.24. The van der Waals surface area contributed by atoms with Gasteiger partial charge in [-0.25, -0.2) is 0 Å². The second-order valence-corrected chi connectivity index (χ2v) is 6.58. The summed E-state index contributed by atoms with van der Waals surface area (Å²) in [6.45, 7) is 10.7. The van der Waals surface area contributed by atoms with Gasteiger partial charge in [0.25, 0.3) is 0 Å². The van der Waals surface area contributed by atoms with Crippen molar-refractivity contribution in [2.24, 2.45) is 5.41 Å². The Kier molecular flexibility index (Phi) is 6.34. The molecule has 0 saturated carbocycles. The summed E-state index contributed by atoms with van der Waals surface area (Å²) < 4.78 is 5.99. The van der Waals surface area contributed by atoms with Crippen LogP contribution in [0.15, 0.2) is 24.3 Å². The average molecular weight is 278 g/mol. The van der Waals surface area contributed by atoms with Gasteiger partial charge < -0.3 is 15.0 Å². The second kappa shape index (κ2) is 7.53. The number of benzene rings is 1. The van der Waals surface area contributed by atoms with Gasteiger partial charge in [0.2, 0.25) is 0 Å². The maximum Gasteiger partial charge on any atom is 0.121 e. The van der Waals surface area contributed by atoms with Crippen molar-refractivity contribution in [3.8, 4) is 5.75 Å². The second-order valence-electron chi connectivity index (χ2n) is 6.58. The minimum atomic E-state index is 0.189. The third-order valence-corrected chi connectivity index (χ3v) is 3.44. The first-order valence-corrected chi connectivity index (χ1v) is 7.48. The van der Waals surface area contributed by atoms with E-state index in [1.54, 1.807) is 0 Å². The molecule has 0 saturated heterocycles. The number of ether oxygens (including phenoxy) is 1. The lowest BCUT2D eigenvalue weighted by molar-refractivity contribution is 0.174. The van der Waals surface area contributed by atoms with Crippen LogP contribution in [0.5, 0.6) is 5.75 Å². The van der Waals surface area contributed by atoms with Crippen molar-refractivity contribution < 1.29 is 4.74 Å². The first-order chi connectivity index (χ1) is 9.34. The summed E-state index contributed by atoms with van der Waals surface area (Å²) in [5, 5.41) is 3.58. The van der Waals surface area contributed by atoms with E-state index in [-0.39, 0.29) is 5.41 Å². The van der Waals surface area contributed by atoms with E-state index >= 15 is 0 Å². The lowest BCUT2D eigenvalue weighted by Gasteiger charge is -2.31. The van der Waals surface area contributed by atoms with Crippen LogP contribution in [0.3, 0.4) is 0 Å². The fraction of sp³-hybridized carbons (Fsp3) is 0.647. The number of hydrogen-bond donors (Lipinski definition) is 1. The third-order valence-electron chi connectivity index (χ3n) is 3.44. The standard InChI is InChI=1S/C17H30N2O/c1-7-11-18-16(17(2,3)4)13-20-15-10-8-9-14(12-15)19(5)6/h8-10,12,16,18H,7,11,13H2,1-6H3. The fourth-order valence-electron chi connectivity index (χ4n) is 1.96. The van der Waals surface area contributed by atoms with E-state index in [1.165, 1.54) is 0 Å². The Morgan fingerprint density at radius 1 is 1.25 bits per heavy atom. The SMILES string of the molecule is CCCNC(COc1cccc(N(C)C)c1)C(C)(C)C. The molecule has 1 aromatic rings. The van der Waals surface area contributed by atoms with Crippen LogP contribution in [0.4, 0.5) is 5.69 Å². The van der Waals surface area contributed by atoms with Crippen molar-refractivity contribution in [1.29, 1.82) is 0 Å². The number of hydrogen-bond acceptors (Lipinski definition) is 3. The Hall–Kier alpha value is -1.22. The molecule has 0 aliphatic heterocycles. The maximum atomic E-state index is 5.99. The van der Waals surface area contributed by atoms with Crippen LogP contribution in [0.2, 0.25) is 0 Å². The molecule has 3 nitrogen and oxygen atoms in total. The predicted molar refractivity (Wildman–Crippen MR) is 87.8 cm³/mol. The molecule has 0 spiro atoms. The summed E-state index contributed by atoms with van der Waals surface area (Å²) in [5.74, 6) is 0.934. The molecule has 1 unspecified atom stereocenters. The Morgan fingerprint density at radius 3 is 2.50 bits per heavy atom. The molecule has 0 radical (unpaired) electrons. The number of rotatable bonds is 7. The van der Waals surface area contributed by atoms with Crippen molar-refractivity contribution in [3.05, 3.63) is 24.3 Å². The van der Waals surface area contributed by atoms with Gasteiger partial charge in [-0.05, 0) is 30.5 Å². The molecule has 0 amide bonds. The first-order valence-electron chi connectivity index (χ1n) is 7.48. The highest BCUT2D eigenvalue weighted by Crippen LogP contribution is 2.23. The Bertz CT molecular complexity index is 396. The molecule has 3 heteroatoms. The summed E-state index contributed by atoms with van der Waals surface area (Å²) >= 11 is 0. The van der Waals surface area contributed by atoms with Crippen molar-refractivity contribution in [1.82, 2.24) is 5.32 Å². The molecule has 114 valence electrons. The van der Waals surface area contributed by atoms with Gasteiger partial charge in [0.15, 0.2) is 0 Å². The molecule has 1 rings (SSSR count). The van der Waals surface area contributed by atoms with Gasteiger partial charge in [-0.3, -0.25) is 0 Å². The number of anilines is 1.